The van der Waals surface area contributed by atoms with Crippen molar-refractivity contribution >= 4 is 23.2 Å². The van der Waals surface area contributed by atoms with Crippen molar-refractivity contribution in [2.75, 3.05) is 10.6 Å². The van der Waals surface area contributed by atoms with E-state index in [0.717, 1.165) is 11.1 Å². The number of anilines is 2. The second kappa shape index (κ2) is 7.74. The zero-order chi connectivity index (χ0) is 19.4. The topological polar surface area (TPSA) is 78.4 Å². The summed E-state index contributed by atoms with van der Waals surface area (Å²) in [5, 5.41) is 15.6. The molecule has 3 N–H and O–H groups in total. The van der Waals surface area contributed by atoms with Crippen LogP contribution < -0.4 is 10.6 Å². The average Bonchev–Trinajstić information content (AvgIpc) is 2.64. The van der Waals surface area contributed by atoms with E-state index in [1.165, 1.54) is 6.07 Å². The van der Waals surface area contributed by atoms with Crippen molar-refractivity contribution in [3.8, 4) is 5.75 Å². The van der Waals surface area contributed by atoms with Gasteiger partial charge in [0.2, 0.25) is 0 Å². The molecule has 3 rings (SSSR count). The van der Waals surface area contributed by atoms with Crippen molar-refractivity contribution in [2.24, 2.45) is 0 Å². The Labute approximate surface area is 157 Å². The molecule has 0 bridgehead atoms. The molecular weight excluding hydrogens is 340 g/mol. The van der Waals surface area contributed by atoms with Gasteiger partial charge in [-0.2, -0.15) is 0 Å². The third kappa shape index (κ3) is 4.33. The lowest BCUT2D eigenvalue weighted by atomic mass is 10.1. The van der Waals surface area contributed by atoms with Crippen LogP contribution in [0, 0.1) is 13.8 Å². The normalized spacial score (nSPS) is 10.3. The molecule has 0 aromatic heterocycles. The summed E-state index contributed by atoms with van der Waals surface area (Å²) in [6.07, 6.45) is 0. The molecule has 0 atom stereocenters. The first-order chi connectivity index (χ1) is 12.9. The van der Waals surface area contributed by atoms with Crippen LogP contribution in [0.3, 0.4) is 0 Å². The van der Waals surface area contributed by atoms with Gasteiger partial charge in [0, 0.05) is 22.9 Å². The van der Waals surface area contributed by atoms with Crippen LogP contribution in [-0.4, -0.2) is 16.9 Å². The SMILES string of the molecule is Cc1ccc(C(=O)Nc2ccc(NC(=O)c3ccccc3C)c(O)c2)cc1. The molecule has 0 unspecified atom stereocenters. The Morgan fingerprint density at radius 3 is 2.19 bits per heavy atom. The van der Waals surface area contributed by atoms with Crippen LogP contribution in [0.25, 0.3) is 0 Å². The van der Waals surface area contributed by atoms with Crippen molar-refractivity contribution < 1.29 is 14.7 Å². The maximum Gasteiger partial charge on any atom is 0.256 e. The number of amides is 2. The molecule has 0 saturated carbocycles. The molecule has 5 nitrogen and oxygen atoms in total. The minimum atomic E-state index is -0.306. The molecule has 3 aromatic carbocycles. The highest BCUT2D eigenvalue weighted by atomic mass is 16.3. The van der Waals surface area contributed by atoms with E-state index in [0.29, 0.717) is 16.8 Å². The van der Waals surface area contributed by atoms with E-state index < -0.39 is 0 Å². The van der Waals surface area contributed by atoms with Crippen LogP contribution in [-0.2, 0) is 0 Å². The number of benzene rings is 3. The lowest BCUT2D eigenvalue weighted by molar-refractivity contribution is 0.101. The molecule has 27 heavy (non-hydrogen) atoms. The number of carbonyl (C=O) groups excluding carboxylic acids is 2. The number of nitrogens with one attached hydrogen (secondary N) is 2. The largest absolute Gasteiger partial charge is 0.506 e. The number of phenolic OH excluding ortho intramolecular Hbond substituents is 1. The Hall–Kier alpha value is -3.60. The van der Waals surface area contributed by atoms with Gasteiger partial charge in [-0.15, -0.1) is 0 Å². The molecule has 3 aromatic rings. The van der Waals surface area contributed by atoms with Crippen molar-refractivity contribution in [1.29, 1.82) is 0 Å². The van der Waals surface area contributed by atoms with Crippen LogP contribution in [0.15, 0.2) is 66.7 Å². The minimum Gasteiger partial charge on any atom is -0.506 e. The minimum absolute atomic E-state index is 0.126. The van der Waals surface area contributed by atoms with Gasteiger partial charge in [0.1, 0.15) is 5.75 Å². The fraction of sp³-hybridized carbons (Fsp3) is 0.0909. The summed E-state index contributed by atoms with van der Waals surface area (Å²) >= 11 is 0. The van der Waals surface area contributed by atoms with Crippen molar-refractivity contribution in [2.45, 2.75) is 13.8 Å². The summed E-state index contributed by atoms with van der Waals surface area (Å²) in [5.74, 6) is -0.704. The molecular formula is C22H20N2O3. The Kier molecular flexibility index (Phi) is 5.22. The lowest BCUT2D eigenvalue weighted by Gasteiger charge is -2.11. The number of rotatable bonds is 4. The Morgan fingerprint density at radius 1 is 0.815 bits per heavy atom. The standard InChI is InChI=1S/C22H20N2O3/c1-14-7-9-16(10-8-14)21(26)23-17-11-12-19(20(25)13-17)24-22(27)18-6-4-3-5-15(18)2/h3-13,25H,1-2H3,(H,23,26)(H,24,27). The summed E-state index contributed by atoms with van der Waals surface area (Å²) in [7, 11) is 0. The van der Waals surface area contributed by atoms with Gasteiger partial charge >= 0.3 is 0 Å². The van der Waals surface area contributed by atoms with E-state index in [-0.39, 0.29) is 23.3 Å². The van der Waals surface area contributed by atoms with Gasteiger partial charge in [0.15, 0.2) is 0 Å². The molecule has 0 aliphatic heterocycles. The number of phenols is 1. The molecule has 0 fully saturated rings. The molecule has 5 heteroatoms. The van der Waals surface area contributed by atoms with Gasteiger partial charge in [-0.25, -0.2) is 0 Å². The fourth-order valence-electron chi connectivity index (χ4n) is 2.64. The lowest BCUT2D eigenvalue weighted by Crippen LogP contribution is -2.14. The van der Waals surface area contributed by atoms with Gasteiger partial charge in [-0.3, -0.25) is 9.59 Å². The molecule has 2 amide bonds. The third-order valence-corrected chi connectivity index (χ3v) is 4.21. The second-order valence-electron chi connectivity index (χ2n) is 6.32. The predicted molar refractivity (Wildman–Crippen MR) is 106 cm³/mol. The molecule has 136 valence electrons. The first-order valence-electron chi connectivity index (χ1n) is 8.52. The number of hydrogen-bond acceptors (Lipinski definition) is 3. The Balaban J connectivity index is 1.72. The molecule has 0 radical (unpaired) electrons. The van der Waals surface area contributed by atoms with Crippen LogP contribution in [0.4, 0.5) is 11.4 Å². The average molecular weight is 360 g/mol. The molecule has 0 heterocycles. The summed E-state index contributed by atoms with van der Waals surface area (Å²) < 4.78 is 0. The van der Waals surface area contributed by atoms with Gasteiger partial charge < -0.3 is 15.7 Å². The predicted octanol–water partition coefficient (Wildman–Crippen LogP) is 4.51. The van der Waals surface area contributed by atoms with E-state index in [4.69, 9.17) is 0 Å². The van der Waals surface area contributed by atoms with Crippen LogP contribution >= 0.6 is 0 Å². The fourth-order valence-corrected chi connectivity index (χ4v) is 2.64. The second-order valence-corrected chi connectivity index (χ2v) is 6.32. The smallest absolute Gasteiger partial charge is 0.256 e. The maximum atomic E-state index is 12.4. The molecule has 0 aliphatic rings. The van der Waals surface area contributed by atoms with E-state index in [9.17, 15) is 14.7 Å². The first kappa shape index (κ1) is 18.2. The van der Waals surface area contributed by atoms with Crippen molar-refractivity contribution in [1.82, 2.24) is 0 Å². The van der Waals surface area contributed by atoms with E-state index >= 15 is 0 Å². The number of hydrogen-bond donors (Lipinski definition) is 3. The van der Waals surface area contributed by atoms with Crippen molar-refractivity contribution in [3.05, 3.63) is 89.0 Å². The van der Waals surface area contributed by atoms with E-state index in [2.05, 4.69) is 10.6 Å². The molecule has 0 aliphatic carbocycles. The van der Waals surface area contributed by atoms with Gasteiger partial charge in [0.05, 0.1) is 5.69 Å². The third-order valence-electron chi connectivity index (χ3n) is 4.21. The summed E-state index contributed by atoms with van der Waals surface area (Å²) in [6.45, 7) is 3.79. The zero-order valence-corrected chi connectivity index (χ0v) is 15.1. The highest BCUT2D eigenvalue weighted by molar-refractivity contribution is 6.07. The quantitative estimate of drug-likeness (QED) is 0.599. The Morgan fingerprint density at radius 2 is 1.52 bits per heavy atom. The zero-order valence-electron chi connectivity index (χ0n) is 15.1. The molecule has 0 spiro atoms. The van der Waals surface area contributed by atoms with Crippen LogP contribution in [0.5, 0.6) is 5.75 Å². The van der Waals surface area contributed by atoms with Gasteiger partial charge in [0.25, 0.3) is 11.8 Å². The summed E-state index contributed by atoms with van der Waals surface area (Å²) in [6, 6.07) is 19.0. The highest BCUT2D eigenvalue weighted by Crippen LogP contribution is 2.27. The van der Waals surface area contributed by atoms with E-state index in [1.807, 2.05) is 38.1 Å². The Bertz CT molecular complexity index is 995. The van der Waals surface area contributed by atoms with Crippen molar-refractivity contribution in [3.63, 3.8) is 0 Å². The number of aromatic hydroxyl groups is 1. The number of aryl methyl sites for hydroxylation is 2. The van der Waals surface area contributed by atoms with E-state index in [1.54, 1.807) is 36.4 Å². The monoisotopic (exact) mass is 360 g/mol. The first-order valence-corrected chi connectivity index (χ1v) is 8.52. The highest BCUT2D eigenvalue weighted by Gasteiger charge is 2.12. The van der Waals surface area contributed by atoms with Crippen LogP contribution in [0.1, 0.15) is 31.8 Å². The molecule has 0 saturated heterocycles. The number of carbonyl (C=O) groups is 2. The summed E-state index contributed by atoms with van der Waals surface area (Å²) in [4.78, 5) is 24.6. The van der Waals surface area contributed by atoms with Gasteiger partial charge in [-0.05, 0) is 49.7 Å². The van der Waals surface area contributed by atoms with Gasteiger partial charge in [-0.1, -0.05) is 35.9 Å². The van der Waals surface area contributed by atoms with Crippen LogP contribution in [0.2, 0.25) is 0 Å². The summed E-state index contributed by atoms with van der Waals surface area (Å²) in [5.41, 5.74) is 3.68. The maximum absolute atomic E-state index is 12.4.